The molecular weight excluding hydrogens is 260 g/mol. The highest BCUT2D eigenvalue weighted by Gasteiger charge is 2.19. The van der Waals surface area contributed by atoms with Crippen LogP contribution in [-0.4, -0.2) is 24.7 Å². The molecule has 1 atom stereocenters. The summed E-state index contributed by atoms with van der Waals surface area (Å²) < 4.78 is 11.2. The van der Waals surface area contributed by atoms with E-state index in [2.05, 4.69) is 23.3 Å². The molecule has 1 unspecified atom stereocenters. The second-order valence-electron chi connectivity index (χ2n) is 4.26. The Balaban J connectivity index is 1.94. The summed E-state index contributed by atoms with van der Waals surface area (Å²) in [6, 6.07) is 6.20. The summed E-state index contributed by atoms with van der Waals surface area (Å²) >= 11 is 1.66. The molecule has 0 aliphatic carbocycles. The van der Waals surface area contributed by atoms with Gasteiger partial charge in [0.15, 0.2) is 11.5 Å². The lowest BCUT2D eigenvalue weighted by molar-refractivity contribution is 0.171. The Morgan fingerprint density at radius 3 is 2.89 bits per heavy atom. The number of rotatable bonds is 4. The number of hydrogen-bond donors (Lipinski definition) is 1. The van der Waals surface area contributed by atoms with E-state index in [9.17, 15) is 0 Å². The predicted octanol–water partition coefficient (Wildman–Crippen LogP) is 2.61. The minimum atomic E-state index is 0.112. The zero-order valence-corrected chi connectivity index (χ0v) is 11.6. The molecule has 1 N–H and O–H groups in total. The highest BCUT2D eigenvalue weighted by Crippen LogP contribution is 2.34. The Labute approximate surface area is 116 Å². The minimum Gasteiger partial charge on any atom is -0.486 e. The van der Waals surface area contributed by atoms with Crippen LogP contribution >= 0.6 is 11.3 Å². The maximum atomic E-state index is 5.64. The highest BCUT2D eigenvalue weighted by molar-refractivity contribution is 7.09. The maximum absolute atomic E-state index is 5.64. The van der Waals surface area contributed by atoms with Crippen LogP contribution in [0.15, 0.2) is 29.8 Å². The van der Waals surface area contributed by atoms with Crippen molar-refractivity contribution in [1.29, 1.82) is 0 Å². The van der Waals surface area contributed by atoms with Gasteiger partial charge in [-0.25, -0.2) is 4.98 Å². The molecular formula is C14H16N2O2S. The number of ether oxygens (including phenoxy) is 2. The van der Waals surface area contributed by atoms with Gasteiger partial charge in [0, 0.05) is 11.6 Å². The largest absolute Gasteiger partial charge is 0.486 e. The average molecular weight is 276 g/mol. The Morgan fingerprint density at radius 2 is 2.16 bits per heavy atom. The average Bonchev–Trinajstić information content (AvgIpc) is 2.98. The summed E-state index contributed by atoms with van der Waals surface area (Å²) in [6.45, 7) is 4.21. The van der Waals surface area contributed by atoms with Crippen LogP contribution in [0.3, 0.4) is 0 Å². The van der Waals surface area contributed by atoms with E-state index in [1.165, 1.54) is 0 Å². The number of aromatic nitrogens is 1. The second-order valence-corrected chi connectivity index (χ2v) is 5.19. The van der Waals surface area contributed by atoms with Crippen molar-refractivity contribution in [2.45, 2.75) is 13.0 Å². The van der Waals surface area contributed by atoms with Gasteiger partial charge in [-0.2, -0.15) is 0 Å². The van der Waals surface area contributed by atoms with E-state index in [0.717, 1.165) is 28.6 Å². The molecule has 5 heteroatoms. The smallest absolute Gasteiger partial charge is 0.161 e. The summed E-state index contributed by atoms with van der Waals surface area (Å²) in [4.78, 5) is 4.41. The molecule has 0 amide bonds. The van der Waals surface area contributed by atoms with E-state index in [1.807, 2.05) is 23.7 Å². The summed E-state index contributed by atoms with van der Waals surface area (Å²) in [6.07, 6.45) is 1.84. The van der Waals surface area contributed by atoms with Gasteiger partial charge in [0.1, 0.15) is 18.2 Å². The Kier molecular flexibility index (Phi) is 3.66. The van der Waals surface area contributed by atoms with Crippen molar-refractivity contribution in [2.75, 3.05) is 19.8 Å². The zero-order valence-electron chi connectivity index (χ0n) is 10.8. The van der Waals surface area contributed by atoms with E-state index >= 15 is 0 Å². The Hall–Kier alpha value is -1.59. The number of fused-ring (bicyclic) bond motifs is 1. The van der Waals surface area contributed by atoms with Gasteiger partial charge in [0.05, 0.1) is 6.04 Å². The Bertz CT molecular complexity index is 542. The summed E-state index contributed by atoms with van der Waals surface area (Å²) in [5.74, 6) is 1.65. The lowest BCUT2D eigenvalue weighted by Crippen LogP contribution is -2.22. The Morgan fingerprint density at radius 1 is 1.32 bits per heavy atom. The van der Waals surface area contributed by atoms with Crippen LogP contribution < -0.4 is 14.8 Å². The summed E-state index contributed by atoms with van der Waals surface area (Å²) in [5.41, 5.74) is 1.15. The third kappa shape index (κ3) is 2.57. The van der Waals surface area contributed by atoms with E-state index in [-0.39, 0.29) is 6.04 Å². The van der Waals surface area contributed by atoms with Crippen molar-refractivity contribution >= 4 is 11.3 Å². The van der Waals surface area contributed by atoms with E-state index in [4.69, 9.17) is 9.47 Å². The number of nitrogens with zero attached hydrogens (tertiary/aromatic N) is 1. The first-order chi connectivity index (χ1) is 9.38. The van der Waals surface area contributed by atoms with Gasteiger partial charge in [-0.15, -0.1) is 11.3 Å². The molecule has 100 valence electrons. The maximum Gasteiger partial charge on any atom is 0.161 e. The third-order valence-electron chi connectivity index (χ3n) is 3.01. The quantitative estimate of drug-likeness (QED) is 0.932. The van der Waals surface area contributed by atoms with Crippen molar-refractivity contribution in [3.8, 4) is 11.5 Å². The van der Waals surface area contributed by atoms with Gasteiger partial charge in [-0.1, -0.05) is 13.0 Å². The van der Waals surface area contributed by atoms with Crippen molar-refractivity contribution in [3.05, 3.63) is 40.3 Å². The molecule has 3 rings (SSSR count). The third-order valence-corrected chi connectivity index (χ3v) is 3.85. The van der Waals surface area contributed by atoms with Crippen molar-refractivity contribution in [1.82, 2.24) is 10.3 Å². The van der Waals surface area contributed by atoms with Crippen molar-refractivity contribution < 1.29 is 9.47 Å². The van der Waals surface area contributed by atoms with E-state index in [1.54, 1.807) is 11.3 Å². The monoisotopic (exact) mass is 276 g/mol. The first-order valence-corrected chi connectivity index (χ1v) is 7.28. The van der Waals surface area contributed by atoms with Crippen LogP contribution in [0.2, 0.25) is 0 Å². The van der Waals surface area contributed by atoms with E-state index in [0.29, 0.717) is 13.2 Å². The zero-order chi connectivity index (χ0) is 13.1. The second kappa shape index (κ2) is 5.59. The summed E-state index contributed by atoms with van der Waals surface area (Å²) in [7, 11) is 0. The highest BCUT2D eigenvalue weighted by atomic mass is 32.1. The van der Waals surface area contributed by atoms with Gasteiger partial charge in [-0.3, -0.25) is 0 Å². The molecule has 0 radical (unpaired) electrons. The lowest BCUT2D eigenvalue weighted by Gasteiger charge is -2.21. The van der Waals surface area contributed by atoms with Crippen LogP contribution in [0.5, 0.6) is 11.5 Å². The predicted molar refractivity (Wildman–Crippen MR) is 75.1 cm³/mol. The fourth-order valence-electron chi connectivity index (χ4n) is 2.17. The molecule has 1 aliphatic rings. The molecule has 1 aromatic heterocycles. The molecule has 0 saturated heterocycles. The molecule has 0 saturated carbocycles. The molecule has 1 aromatic carbocycles. The molecule has 1 aliphatic heterocycles. The van der Waals surface area contributed by atoms with Gasteiger partial charge >= 0.3 is 0 Å². The fourth-order valence-corrected chi connectivity index (χ4v) is 2.91. The molecule has 0 spiro atoms. The number of benzene rings is 1. The van der Waals surface area contributed by atoms with Crippen molar-refractivity contribution in [2.24, 2.45) is 0 Å². The van der Waals surface area contributed by atoms with Crippen LogP contribution in [0.1, 0.15) is 23.5 Å². The SMILES string of the molecule is CCNC(c1ccc2c(c1)OCCO2)c1nccs1. The molecule has 0 fully saturated rings. The van der Waals surface area contributed by atoms with Gasteiger partial charge in [0.25, 0.3) is 0 Å². The summed E-state index contributed by atoms with van der Waals surface area (Å²) in [5, 5.41) is 6.53. The molecule has 2 aromatic rings. The number of thiazole rings is 1. The van der Waals surface area contributed by atoms with Crippen LogP contribution in [0.4, 0.5) is 0 Å². The number of nitrogens with one attached hydrogen (secondary N) is 1. The van der Waals surface area contributed by atoms with E-state index < -0.39 is 0 Å². The molecule has 0 bridgehead atoms. The molecule has 19 heavy (non-hydrogen) atoms. The fraction of sp³-hybridized carbons (Fsp3) is 0.357. The van der Waals surface area contributed by atoms with Gasteiger partial charge in [0.2, 0.25) is 0 Å². The van der Waals surface area contributed by atoms with Crippen molar-refractivity contribution in [3.63, 3.8) is 0 Å². The molecule has 4 nitrogen and oxygen atoms in total. The first-order valence-electron chi connectivity index (χ1n) is 6.41. The topological polar surface area (TPSA) is 43.4 Å². The lowest BCUT2D eigenvalue weighted by atomic mass is 10.1. The standard InChI is InChI=1S/C14H16N2O2S/c1-2-15-13(14-16-5-8-19-14)10-3-4-11-12(9-10)18-7-6-17-11/h3-5,8-9,13,15H,2,6-7H2,1H3. The normalized spacial score (nSPS) is 15.2. The molecule has 2 heterocycles. The van der Waals surface area contributed by atoms with Crippen LogP contribution in [-0.2, 0) is 0 Å². The minimum absolute atomic E-state index is 0.112. The van der Waals surface area contributed by atoms with Crippen LogP contribution in [0, 0.1) is 0 Å². The van der Waals surface area contributed by atoms with Gasteiger partial charge < -0.3 is 14.8 Å². The number of hydrogen-bond acceptors (Lipinski definition) is 5. The van der Waals surface area contributed by atoms with Gasteiger partial charge in [-0.05, 0) is 24.2 Å². The van der Waals surface area contributed by atoms with Crippen LogP contribution in [0.25, 0.3) is 0 Å². The first kappa shape index (κ1) is 12.4.